The fourth-order valence-corrected chi connectivity index (χ4v) is 3.01. The van der Waals surface area contributed by atoms with Crippen LogP contribution < -0.4 is 4.90 Å². The Hall–Kier alpha value is -1.42. The zero-order valence-corrected chi connectivity index (χ0v) is 11.0. The summed E-state index contributed by atoms with van der Waals surface area (Å²) in [6.07, 6.45) is 2.28. The number of aromatic nitrogens is 1. The van der Waals surface area contributed by atoms with Crippen LogP contribution in [0.3, 0.4) is 0 Å². The molecule has 1 saturated heterocycles. The summed E-state index contributed by atoms with van der Waals surface area (Å²) in [5.41, 5.74) is 5.11. The number of hydrogen-bond donors (Lipinski definition) is 0. The quantitative estimate of drug-likeness (QED) is 0.818. The zero-order valence-electron chi connectivity index (χ0n) is 10.2. The molecule has 0 amide bonds. The van der Waals surface area contributed by atoms with E-state index in [4.69, 9.17) is 0 Å². The highest BCUT2D eigenvalue weighted by Crippen LogP contribution is 2.30. The Labute approximate surface area is 110 Å². The van der Waals surface area contributed by atoms with Crippen LogP contribution in [-0.2, 0) is 0 Å². The van der Waals surface area contributed by atoms with Crippen molar-refractivity contribution in [3.63, 3.8) is 0 Å². The first-order chi connectivity index (χ1) is 8.75. The van der Waals surface area contributed by atoms with Gasteiger partial charge in [-0.2, -0.15) is 0 Å². The molecular formula is C14H14FN2S. The van der Waals surface area contributed by atoms with Crippen molar-refractivity contribution < 1.29 is 4.39 Å². The highest BCUT2D eigenvalue weighted by molar-refractivity contribution is 7.07. The van der Waals surface area contributed by atoms with E-state index in [-0.39, 0.29) is 5.82 Å². The number of rotatable bonds is 2. The summed E-state index contributed by atoms with van der Waals surface area (Å²) in [4.78, 5) is 6.23. The van der Waals surface area contributed by atoms with Crippen molar-refractivity contribution in [3.8, 4) is 11.3 Å². The summed E-state index contributed by atoms with van der Waals surface area (Å²) in [7, 11) is 0. The van der Waals surface area contributed by atoms with E-state index in [9.17, 15) is 4.39 Å². The molecule has 1 aliphatic heterocycles. The van der Waals surface area contributed by atoms with Gasteiger partial charge in [0.15, 0.2) is 5.51 Å². The van der Waals surface area contributed by atoms with Crippen molar-refractivity contribution in [2.75, 3.05) is 11.4 Å². The third-order valence-electron chi connectivity index (χ3n) is 3.50. The van der Waals surface area contributed by atoms with Gasteiger partial charge < -0.3 is 4.90 Å². The molecule has 1 aromatic carbocycles. The molecule has 1 fully saturated rings. The number of nitrogens with zero attached hydrogens (tertiary/aromatic N) is 2. The van der Waals surface area contributed by atoms with Gasteiger partial charge in [-0.15, -0.1) is 11.3 Å². The van der Waals surface area contributed by atoms with Crippen molar-refractivity contribution in [2.45, 2.75) is 25.8 Å². The van der Waals surface area contributed by atoms with E-state index >= 15 is 0 Å². The highest BCUT2D eigenvalue weighted by atomic mass is 32.1. The Morgan fingerprint density at radius 2 is 2.39 bits per heavy atom. The molecule has 2 nitrogen and oxygen atoms in total. The Morgan fingerprint density at radius 3 is 3.00 bits per heavy atom. The fourth-order valence-electron chi connectivity index (χ4n) is 2.51. The van der Waals surface area contributed by atoms with Crippen LogP contribution in [0.5, 0.6) is 0 Å². The Balaban J connectivity index is 1.94. The van der Waals surface area contributed by atoms with Crippen molar-refractivity contribution in [2.24, 2.45) is 0 Å². The van der Waals surface area contributed by atoms with Crippen LogP contribution in [0.4, 0.5) is 10.1 Å². The number of thiazole rings is 1. The molecule has 0 spiro atoms. The Bertz CT molecular complexity index is 539. The Kier molecular flexibility index (Phi) is 3.04. The van der Waals surface area contributed by atoms with Crippen LogP contribution in [0.15, 0.2) is 23.6 Å². The predicted molar refractivity (Wildman–Crippen MR) is 72.4 cm³/mol. The van der Waals surface area contributed by atoms with E-state index in [1.54, 1.807) is 6.07 Å². The molecule has 4 heteroatoms. The summed E-state index contributed by atoms with van der Waals surface area (Å²) >= 11 is 1.40. The summed E-state index contributed by atoms with van der Waals surface area (Å²) in [6, 6.07) is 5.81. The lowest BCUT2D eigenvalue weighted by Crippen LogP contribution is -2.27. The van der Waals surface area contributed by atoms with Gasteiger partial charge in [-0.3, -0.25) is 0 Å². The van der Waals surface area contributed by atoms with Crippen LogP contribution >= 0.6 is 11.3 Å². The predicted octanol–water partition coefficient (Wildman–Crippen LogP) is 3.74. The first-order valence-corrected chi connectivity index (χ1v) is 7.02. The number of hydrogen-bond acceptors (Lipinski definition) is 3. The van der Waals surface area contributed by atoms with Gasteiger partial charge in [-0.25, -0.2) is 9.37 Å². The molecule has 1 atom stereocenters. The zero-order chi connectivity index (χ0) is 12.5. The first-order valence-electron chi connectivity index (χ1n) is 6.14. The average Bonchev–Trinajstić information content (AvgIpc) is 3.00. The first kappa shape index (κ1) is 11.7. The van der Waals surface area contributed by atoms with Gasteiger partial charge in [0.25, 0.3) is 0 Å². The summed E-state index contributed by atoms with van der Waals surface area (Å²) < 4.78 is 14.2. The van der Waals surface area contributed by atoms with E-state index in [1.807, 2.05) is 17.5 Å². The second-order valence-corrected chi connectivity index (χ2v) is 5.33. The van der Waals surface area contributed by atoms with Gasteiger partial charge in [0.1, 0.15) is 5.82 Å². The van der Waals surface area contributed by atoms with E-state index < -0.39 is 0 Å². The molecule has 18 heavy (non-hydrogen) atoms. The lowest BCUT2D eigenvalue weighted by Gasteiger charge is -2.24. The van der Waals surface area contributed by atoms with E-state index in [0.717, 1.165) is 30.6 Å². The van der Waals surface area contributed by atoms with Crippen LogP contribution in [-0.4, -0.2) is 17.6 Å². The topological polar surface area (TPSA) is 16.1 Å². The maximum absolute atomic E-state index is 14.2. The van der Waals surface area contributed by atoms with Gasteiger partial charge in [0.05, 0.1) is 11.4 Å². The molecule has 1 aromatic heterocycles. The summed E-state index contributed by atoms with van der Waals surface area (Å²) in [5, 5.41) is 1.88. The SMILES string of the molecule is CC1CCCN1c1ccc(-c2cs[c]n2)cc1F. The number of benzene rings is 1. The largest absolute Gasteiger partial charge is 0.366 e. The smallest absolute Gasteiger partial charge is 0.152 e. The van der Waals surface area contributed by atoms with Crippen molar-refractivity contribution in [3.05, 3.63) is 34.9 Å². The molecule has 0 N–H and O–H groups in total. The summed E-state index contributed by atoms with van der Waals surface area (Å²) in [6.45, 7) is 3.09. The van der Waals surface area contributed by atoms with Gasteiger partial charge >= 0.3 is 0 Å². The molecule has 0 aliphatic carbocycles. The van der Waals surface area contributed by atoms with Gasteiger partial charge in [-0.05, 0) is 31.9 Å². The Morgan fingerprint density at radius 1 is 1.50 bits per heavy atom. The van der Waals surface area contributed by atoms with E-state index in [0.29, 0.717) is 11.7 Å². The van der Waals surface area contributed by atoms with E-state index in [2.05, 4.69) is 22.3 Å². The third kappa shape index (κ3) is 2.01. The van der Waals surface area contributed by atoms with Crippen molar-refractivity contribution >= 4 is 17.0 Å². The second kappa shape index (κ2) is 4.69. The van der Waals surface area contributed by atoms with Crippen LogP contribution in [0.25, 0.3) is 11.3 Å². The average molecular weight is 261 g/mol. The van der Waals surface area contributed by atoms with Gasteiger partial charge in [-0.1, -0.05) is 6.07 Å². The monoisotopic (exact) mass is 261 g/mol. The molecule has 2 heterocycles. The van der Waals surface area contributed by atoms with Gasteiger partial charge in [0, 0.05) is 23.5 Å². The minimum Gasteiger partial charge on any atom is -0.366 e. The molecule has 2 aromatic rings. The number of halogens is 1. The minimum absolute atomic E-state index is 0.158. The van der Waals surface area contributed by atoms with Crippen molar-refractivity contribution in [1.82, 2.24) is 4.98 Å². The molecule has 1 unspecified atom stereocenters. The molecule has 0 bridgehead atoms. The molecule has 1 radical (unpaired) electrons. The molecular weight excluding hydrogens is 247 g/mol. The van der Waals surface area contributed by atoms with Gasteiger partial charge in [0.2, 0.25) is 0 Å². The normalized spacial score (nSPS) is 19.4. The van der Waals surface area contributed by atoms with Crippen LogP contribution in [0.1, 0.15) is 19.8 Å². The molecule has 93 valence electrons. The lowest BCUT2D eigenvalue weighted by atomic mass is 10.1. The van der Waals surface area contributed by atoms with Crippen LogP contribution in [0, 0.1) is 11.3 Å². The van der Waals surface area contributed by atoms with Crippen LogP contribution in [0.2, 0.25) is 0 Å². The maximum atomic E-state index is 14.2. The fraction of sp³-hybridized carbons (Fsp3) is 0.357. The highest BCUT2D eigenvalue weighted by Gasteiger charge is 2.23. The molecule has 3 rings (SSSR count). The third-order valence-corrected chi connectivity index (χ3v) is 4.03. The summed E-state index contributed by atoms with van der Waals surface area (Å²) in [5.74, 6) is -0.158. The molecule has 1 aliphatic rings. The maximum Gasteiger partial charge on any atom is 0.152 e. The lowest BCUT2D eigenvalue weighted by molar-refractivity contribution is 0.614. The standard InChI is InChI=1S/C14H14FN2S/c1-10-3-2-6-17(10)14-5-4-11(7-12(14)15)13-8-18-9-16-13/h4-5,7-8,10H,2-3,6H2,1H3. The van der Waals surface area contributed by atoms with E-state index in [1.165, 1.54) is 11.3 Å². The van der Waals surface area contributed by atoms with Crippen molar-refractivity contribution in [1.29, 1.82) is 0 Å². The second-order valence-electron chi connectivity index (χ2n) is 4.67. The number of anilines is 1. The molecule has 0 saturated carbocycles. The minimum atomic E-state index is -0.158.